The summed E-state index contributed by atoms with van der Waals surface area (Å²) in [5, 5.41) is 6.19. The number of aryl methyl sites for hydroxylation is 1. The summed E-state index contributed by atoms with van der Waals surface area (Å²) in [4.78, 5) is 24.8. The van der Waals surface area contributed by atoms with E-state index < -0.39 is 6.03 Å². The van der Waals surface area contributed by atoms with E-state index >= 15 is 0 Å². The maximum Gasteiger partial charge on any atom is 0.411 e. The van der Waals surface area contributed by atoms with Crippen LogP contribution in [0.4, 0.5) is 16.3 Å². The summed E-state index contributed by atoms with van der Waals surface area (Å²) < 4.78 is 1.70. The number of aromatic nitrogens is 1. The molecule has 0 aliphatic carbocycles. The van der Waals surface area contributed by atoms with Crippen LogP contribution in [0.15, 0.2) is 72.9 Å². The summed E-state index contributed by atoms with van der Waals surface area (Å²) in [7, 11) is 0. The van der Waals surface area contributed by atoms with Crippen LogP contribution in [0, 0.1) is 6.92 Å². The van der Waals surface area contributed by atoms with Crippen LogP contribution in [0.25, 0.3) is 0 Å². The van der Waals surface area contributed by atoms with Crippen LogP contribution in [-0.4, -0.2) is 11.8 Å². The van der Waals surface area contributed by atoms with Gasteiger partial charge in [0.05, 0.1) is 6.20 Å². The van der Waals surface area contributed by atoms with Gasteiger partial charge in [0.15, 0.2) is 6.54 Å². The number of carbonyl (C=O) groups excluding carboxylic acids is 2. The maximum atomic E-state index is 12.5. The van der Waals surface area contributed by atoms with Crippen molar-refractivity contribution in [2.75, 3.05) is 10.6 Å². The van der Waals surface area contributed by atoms with Crippen LogP contribution in [-0.2, 0) is 6.54 Å². The molecule has 2 aromatic carbocycles. The number of amides is 2. The number of halogens is 2. The van der Waals surface area contributed by atoms with E-state index in [0.29, 0.717) is 22.1 Å². The molecule has 3 rings (SSSR count). The highest BCUT2D eigenvalue weighted by Gasteiger charge is 2.17. The van der Waals surface area contributed by atoms with Gasteiger partial charge in [-0.2, -0.15) is 5.32 Å². The molecule has 0 saturated carbocycles. The molecule has 2 N–H and O–H groups in total. The summed E-state index contributed by atoms with van der Waals surface area (Å²) in [5.74, 6) is 0.481. The molecule has 0 bridgehead atoms. The number of benzene rings is 2. The molecule has 0 atom stereocenters. The molecule has 0 saturated heterocycles. The first kappa shape index (κ1) is 21.6. The number of Topliss-reactive ketones (excluding diaryl/α,β-unsaturated/α-hetero) is 1. The fraction of sp³-hybridized carbons (Fsp3) is 0.0952. The van der Waals surface area contributed by atoms with E-state index in [2.05, 4.69) is 10.6 Å². The average Bonchev–Trinajstić information content (AvgIpc) is 2.66. The van der Waals surface area contributed by atoms with Gasteiger partial charge in [0.25, 0.3) is 5.82 Å². The average molecular weight is 461 g/mol. The van der Waals surface area contributed by atoms with Crippen molar-refractivity contribution < 1.29 is 31.1 Å². The number of rotatable bonds is 5. The molecule has 28 heavy (non-hydrogen) atoms. The molecular formula is C21H19BrClN3O2. The highest BCUT2D eigenvalue weighted by molar-refractivity contribution is 6.30. The lowest BCUT2D eigenvalue weighted by molar-refractivity contribution is -0.668. The lowest BCUT2D eigenvalue weighted by Crippen LogP contribution is -3.00. The second-order valence-electron chi connectivity index (χ2n) is 6.04. The van der Waals surface area contributed by atoms with Crippen molar-refractivity contribution in [3.05, 3.63) is 89.1 Å². The topological polar surface area (TPSA) is 62.1 Å². The van der Waals surface area contributed by atoms with Crippen molar-refractivity contribution in [3.8, 4) is 0 Å². The van der Waals surface area contributed by atoms with Gasteiger partial charge >= 0.3 is 6.03 Å². The van der Waals surface area contributed by atoms with E-state index in [1.807, 2.05) is 31.2 Å². The Kier molecular flexibility index (Phi) is 7.72. The van der Waals surface area contributed by atoms with Crippen molar-refractivity contribution in [3.63, 3.8) is 0 Å². The van der Waals surface area contributed by atoms with Crippen LogP contribution in [0.5, 0.6) is 0 Å². The lowest BCUT2D eigenvalue weighted by Gasteiger charge is -2.09. The quantitative estimate of drug-likeness (QED) is 0.447. The third-order valence-corrected chi connectivity index (χ3v) is 4.26. The van der Waals surface area contributed by atoms with Gasteiger partial charge in [0.1, 0.15) is 0 Å². The Morgan fingerprint density at radius 1 is 0.964 bits per heavy atom. The van der Waals surface area contributed by atoms with Gasteiger partial charge in [-0.25, -0.2) is 9.36 Å². The number of hydrogen-bond acceptors (Lipinski definition) is 2. The Labute approximate surface area is 179 Å². The van der Waals surface area contributed by atoms with E-state index in [-0.39, 0.29) is 29.3 Å². The first-order chi connectivity index (χ1) is 13.0. The molecule has 0 spiro atoms. The van der Waals surface area contributed by atoms with Gasteiger partial charge < -0.3 is 17.0 Å². The minimum Gasteiger partial charge on any atom is -1.00 e. The van der Waals surface area contributed by atoms with Crippen molar-refractivity contribution in [2.24, 2.45) is 0 Å². The Hall–Kier alpha value is -2.70. The maximum absolute atomic E-state index is 12.5. The van der Waals surface area contributed by atoms with Crippen LogP contribution >= 0.6 is 11.6 Å². The molecule has 0 radical (unpaired) electrons. The second kappa shape index (κ2) is 10.0. The fourth-order valence-electron chi connectivity index (χ4n) is 2.63. The first-order valence-corrected chi connectivity index (χ1v) is 8.81. The van der Waals surface area contributed by atoms with Gasteiger partial charge in [-0.05, 0) is 36.8 Å². The molecule has 5 nitrogen and oxygen atoms in total. The molecule has 1 aromatic heterocycles. The zero-order valence-electron chi connectivity index (χ0n) is 15.2. The molecule has 144 valence electrons. The number of pyridine rings is 1. The zero-order valence-corrected chi connectivity index (χ0v) is 17.5. The Morgan fingerprint density at radius 3 is 2.39 bits per heavy atom. The van der Waals surface area contributed by atoms with Crippen molar-refractivity contribution in [1.29, 1.82) is 0 Å². The summed E-state index contributed by atoms with van der Waals surface area (Å²) in [6.07, 6.45) is 1.75. The Bertz CT molecular complexity index is 980. The summed E-state index contributed by atoms with van der Waals surface area (Å²) >= 11 is 5.94. The normalized spacial score (nSPS) is 9.93. The molecule has 0 aliphatic heterocycles. The van der Waals surface area contributed by atoms with Crippen molar-refractivity contribution in [2.45, 2.75) is 13.5 Å². The van der Waals surface area contributed by atoms with Crippen LogP contribution < -0.4 is 32.2 Å². The minimum atomic E-state index is -0.396. The first-order valence-electron chi connectivity index (χ1n) is 8.44. The number of urea groups is 1. The molecule has 0 aliphatic rings. The second-order valence-corrected chi connectivity index (χ2v) is 6.48. The predicted octanol–water partition coefficient (Wildman–Crippen LogP) is 1.47. The highest BCUT2D eigenvalue weighted by Crippen LogP contribution is 2.19. The molecule has 1 heterocycles. The number of nitrogens with zero attached hydrogens (tertiary/aromatic N) is 1. The molecular weight excluding hydrogens is 442 g/mol. The molecule has 2 amide bonds. The van der Waals surface area contributed by atoms with E-state index in [9.17, 15) is 9.59 Å². The van der Waals surface area contributed by atoms with Gasteiger partial charge in [0.2, 0.25) is 5.78 Å². The SMILES string of the molecule is Cc1cc(Cl)ccc1NC(=O)Nc1cccc[n+]1CC(=O)c1ccccc1.[Br-]. The standard InChI is InChI=1S/C21H18ClN3O2.BrH/c1-15-13-17(22)10-11-18(15)23-21(27)24-20-9-5-6-12-25(20)14-19(26)16-7-3-2-4-8-16;/h2-13H,14H2,1H3,(H,23,27);1H. The van der Waals surface area contributed by atoms with Crippen LogP contribution in [0.3, 0.4) is 0 Å². The van der Waals surface area contributed by atoms with E-state index in [1.165, 1.54) is 0 Å². The third kappa shape index (κ3) is 5.65. The fourth-order valence-corrected chi connectivity index (χ4v) is 2.86. The van der Waals surface area contributed by atoms with E-state index in [0.717, 1.165) is 5.56 Å². The lowest BCUT2D eigenvalue weighted by atomic mass is 10.1. The van der Waals surface area contributed by atoms with Gasteiger partial charge in [-0.15, -0.1) is 0 Å². The minimum absolute atomic E-state index is 0. The number of anilines is 2. The Balaban J connectivity index is 0.00000280. The van der Waals surface area contributed by atoms with Gasteiger partial charge in [-0.3, -0.25) is 10.1 Å². The van der Waals surface area contributed by atoms with Crippen LogP contribution in [0.2, 0.25) is 5.02 Å². The summed E-state index contributed by atoms with van der Waals surface area (Å²) in [6, 6.07) is 19.2. The Morgan fingerprint density at radius 2 is 1.68 bits per heavy atom. The van der Waals surface area contributed by atoms with Gasteiger partial charge in [-0.1, -0.05) is 48.0 Å². The largest absolute Gasteiger partial charge is 1.00 e. The van der Waals surface area contributed by atoms with Crippen LogP contribution in [0.1, 0.15) is 15.9 Å². The molecule has 0 fully saturated rings. The molecule has 3 aromatic rings. The zero-order chi connectivity index (χ0) is 19.2. The van der Waals surface area contributed by atoms with E-state index in [1.54, 1.807) is 53.2 Å². The van der Waals surface area contributed by atoms with E-state index in [4.69, 9.17) is 11.6 Å². The monoisotopic (exact) mass is 459 g/mol. The van der Waals surface area contributed by atoms with Gasteiger partial charge in [0, 0.05) is 22.3 Å². The number of ketones is 1. The van der Waals surface area contributed by atoms with Crippen molar-refractivity contribution >= 4 is 34.9 Å². The third-order valence-electron chi connectivity index (χ3n) is 4.03. The molecule has 7 heteroatoms. The summed E-state index contributed by atoms with van der Waals surface area (Å²) in [5.41, 5.74) is 2.15. The van der Waals surface area contributed by atoms with Crippen molar-refractivity contribution in [1.82, 2.24) is 0 Å². The molecule has 0 unspecified atom stereocenters. The number of hydrogen-bond donors (Lipinski definition) is 2. The predicted molar refractivity (Wildman–Crippen MR) is 106 cm³/mol. The smallest absolute Gasteiger partial charge is 0.411 e. The number of carbonyl (C=O) groups is 2. The number of nitrogens with one attached hydrogen (secondary N) is 2. The highest BCUT2D eigenvalue weighted by atomic mass is 79.9. The summed E-state index contributed by atoms with van der Waals surface area (Å²) in [6.45, 7) is 1.99.